The monoisotopic (exact) mass is 293 g/mol. The van der Waals surface area contributed by atoms with Crippen LogP contribution in [0.3, 0.4) is 0 Å². The Morgan fingerprint density at radius 3 is 2.42 bits per heavy atom. The van der Waals surface area contributed by atoms with Crippen molar-refractivity contribution in [2.45, 2.75) is 4.89 Å². The fourth-order valence-electron chi connectivity index (χ4n) is 0.794. The van der Waals surface area contributed by atoms with E-state index in [-0.39, 0.29) is 0 Å². The minimum absolute atomic E-state index is 0.809. The summed E-state index contributed by atoms with van der Waals surface area (Å²) in [6.45, 7) is 0. The Labute approximate surface area is 86.4 Å². The van der Waals surface area contributed by atoms with Crippen LogP contribution in [0.4, 0.5) is 0 Å². The van der Waals surface area contributed by atoms with E-state index >= 15 is 0 Å². The summed E-state index contributed by atoms with van der Waals surface area (Å²) < 4.78 is 0. The van der Waals surface area contributed by atoms with Gasteiger partial charge in [-0.3, -0.25) is 0 Å². The average Bonchev–Trinajstić information content (AvgIpc) is 2.05. The first-order valence-corrected chi connectivity index (χ1v) is 8.51. The molecular formula is C9H9Cl2Pd. The Balaban J connectivity index is 2.47. The molecule has 1 aromatic rings. The molecular weight excluding hydrogens is 285 g/mol. The Bertz CT molecular complexity index is 244. The third kappa shape index (κ3) is 4.28. The van der Waals surface area contributed by atoms with Crippen LogP contribution in [0.2, 0.25) is 4.89 Å². The number of benzene rings is 1. The second-order valence-corrected chi connectivity index (χ2v) is 7.98. The Kier molecular flexibility index (Phi) is 4.95. The molecule has 0 unspecified atom stereocenters. The van der Waals surface area contributed by atoms with Gasteiger partial charge in [-0.05, 0) is 0 Å². The molecule has 0 atom stereocenters. The van der Waals surface area contributed by atoms with Gasteiger partial charge in [-0.25, -0.2) is 0 Å². The molecule has 0 aliphatic carbocycles. The summed E-state index contributed by atoms with van der Waals surface area (Å²) in [7, 11) is 11.3. The molecule has 0 spiro atoms. The van der Waals surface area contributed by atoms with Gasteiger partial charge in [0.05, 0.1) is 0 Å². The number of rotatable bonds is 3. The third-order valence-electron chi connectivity index (χ3n) is 1.28. The maximum absolute atomic E-state index is 5.67. The van der Waals surface area contributed by atoms with Crippen molar-refractivity contribution in [1.82, 2.24) is 0 Å². The SMILES string of the molecule is [Cl][Pd]([Cl])[CH2]C=Cc1ccccc1. The van der Waals surface area contributed by atoms with E-state index in [4.69, 9.17) is 19.1 Å². The molecule has 0 saturated carbocycles. The van der Waals surface area contributed by atoms with E-state index < -0.39 is 14.7 Å². The molecule has 0 aliphatic heterocycles. The maximum atomic E-state index is 5.67. The molecule has 0 heterocycles. The van der Waals surface area contributed by atoms with Crippen molar-refractivity contribution in [3.05, 3.63) is 42.0 Å². The molecule has 0 nitrogen and oxygen atoms in total. The number of halogens is 2. The Morgan fingerprint density at radius 2 is 1.83 bits per heavy atom. The predicted octanol–water partition coefficient (Wildman–Crippen LogP) is 4.04. The third-order valence-corrected chi connectivity index (χ3v) is 3.28. The second-order valence-electron chi connectivity index (χ2n) is 2.16. The second kappa shape index (κ2) is 5.78. The van der Waals surface area contributed by atoms with Crippen LogP contribution in [0.1, 0.15) is 5.56 Å². The molecule has 0 saturated heterocycles. The zero-order chi connectivity index (χ0) is 8.81. The van der Waals surface area contributed by atoms with Gasteiger partial charge in [0, 0.05) is 0 Å². The summed E-state index contributed by atoms with van der Waals surface area (Å²) in [5.41, 5.74) is 1.19. The van der Waals surface area contributed by atoms with Crippen LogP contribution in [0.25, 0.3) is 6.08 Å². The normalized spacial score (nSPS) is 12.0. The molecule has 69 valence electrons. The van der Waals surface area contributed by atoms with Gasteiger partial charge in [0.15, 0.2) is 0 Å². The van der Waals surface area contributed by atoms with Gasteiger partial charge in [0.2, 0.25) is 0 Å². The summed E-state index contributed by atoms with van der Waals surface area (Å²) in [5.74, 6) is 0. The van der Waals surface area contributed by atoms with Gasteiger partial charge in [0.1, 0.15) is 0 Å². The van der Waals surface area contributed by atoms with Gasteiger partial charge >= 0.3 is 86.7 Å². The Morgan fingerprint density at radius 1 is 1.17 bits per heavy atom. The standard InChI is InChI=1S/C9H9.2ClH.Pd/c1-2-6-9-7-4-3-5-8-9;;;/h2-8H,1H2;2*1H;/q;;;+2/p-2. The number of hydrogen-bond donors (Lipinski definition) is 0. The van der Waals surface area contributed by atoms with E-state index in [1.54, 1.807) is 0 Å². The molecule has 3 heteroatoms. The topological polar surface area (TPSA) is 0 Å². The van der Waals surface area contributed by atoms with E-state index in [1.165, 1.54) is 5.56 Å². The summed E-state index contributed by atoms with van der Waals surface area (Å²) >= 11 is -1.27. The van der Waals surface area contributed by atoms with Crippen molar-refractivity contribution in [2.24, 2.45) is 0 Å². The summed E-state index contributed by atoms with van der Waals surface area (Å²) in [5, 5.41) is 0. The van der Waals surface area contributed by atoms with Crippen LogP contribution in [0.5, 0.6) is 0 Å². The molecule has 0 bridgehead atoms. The summed E-state index contributed by atoms with van der Waals surface area (Å²) in [6.07, 6.45) is 4.06. The van der Waals surface area contributed by atoms with Crippen LogP contribution in [0, 0.1) is 0 Å². The first kappa shape index (κ1) is 10.3. The average molecular weight is 294 g/mol. The van der Waals surface area contributed by atoms with Crippen molar-refractivity contribution >= 4 is 25.1 Å². The fraction of sp³-hybridized carbons (Fsp3) is 0.111. The van der Waals surface area contributed by atoms with E-state index in [1.807, 2.05) is 42.5 Å². The van der Waals surface area contributed by atoms with Crippen LogP contribution >= 0.6 is 19.1 Å². The Hall–Kier alpha value is 0.202. The van der Waals surface area contributed by atoms with E-state index in [0.29, 0.717) is 0 Å². The van der Waals surface area contributed by atoms with Crippen molar-refractivity contribution < 1.29 is 14.7 Å². The number of allylic oxidation sites excluding steroid dienone is 1. The first-order chi connectivity index (χ1) is 5.79. The van der Waals surface area contributed by atoms with Gasteiger partial charge in [-0.1, -0.05) is 0 Å². The summed E-state index contributed by atoms with van der Waals surface area (Å²) in [6, 6.07) is 10.1. The van der Waals surface area contributed by atoms with Crippen LogP contribution < -0.4 is 0 Å². The summed E-state index contributed by atoms with van der Waals surface area (Å²) in [4.78, 5) is 0.809. The van der Waals surface area contributed by atoms with Crippen LogP contribution in [-0.4, -0.2) is 0 Å². The number of hydrogen-bond acceptors (Lipinski definition) is 0. The van der Waals surface area contributed by atoms with Crippen molar-refractivity contribution in [3.8, 4) is 0 Å². The quantitative estimate of drug-likeness (QED) is 0.738. The molecule has 1 rings (SSSR count). The first-order valence-electron chi connectivity index (χ1n) is 3.40. The molecule has 0 fully saturated rings. The van der Waals surface area contributed by atoms with Gasteiger partial charge in [0.25, 0.3) is 0 Å². The van der Waals surface area contributed by atoms with Crippen LogP contribution in [0.15, 0.2) is 36.4 Å². The predicted molar refractivity (Wildman–Crippen MR) is 52.0 cm³/mol. The molecule has 1 aromatic carbocycles. The van der Waals surface area contributed by atoms with Crippen molar-refractivity contribution in [1.29, 1.82) is 0 Å². The van der Waals surface area contributed by atoms with E-state index in [2.05, 4.69) is 0 Å². The molecule has 0 amide bonds. The van der Waals surface area contributed by atoms with E-state index in [9.17, 15) is 0 Å². The van der Waals surface area contributed by atoms with Crippen molar-refractivity contribution in [3.63, 3.8) is 0 Å². The molecule has 0 aromatic heterocycles. The fourth-order valence-corrected chi connectivity index (χ4v) is 1.92. The van der Waals surface area contributed by atoms with Crippen LogP contribution in [-0.2, 0) is 14.7 Å². The van der Waals surface area contributed by atoms with E-state index in [0.717, 1.165) is 4.89 Å². The van der Waals surface area contributed by atoms with Crippen molar-refractivity contribution in [2.75, 3.05) is 0 Å². The molecule has 0 radical (unpaired) electrons. The van der Waals surface area contributed by atoms with Gasteiger partial charge in [-0.2, -0.15) is 0 Å². The van der Waals surface area contributed by atoms with Gasteiger partial charge in [-0.15, -0.1) is 0 Å². The molecule has 0 N–H and O–H groups in total. The van der Waals surface area contributed by atoms with Gasteiger partial charge < -0.3 is 0 Å². The molecule has 0 aliphatic rings. The zero-order valence-electron chi connectivity index (χ0n) is 6.32. The minimum atomic E-state index is -1.27. The molecule has 12 heavy (non-hydrogen) atoms. The zero-order valence-corrected chi connectivity index (χ0v) is 9.39.